The summed E-state index contributed by atoms with van der Waals surface area (Å²) < 4.78 is 0. The third-order valence-electron chi connectivity index (χ3n) is 13.6. The lowest BCUT2D eigenvalue weighted by Gasteiger charge is -2.35. The van der Waals surface area contributed by atoms with Crippen molar-refractivity contribution >= 4 is 34.7 Å². The lowest BCUT2D eigenvalue weighted by Crippen LogP contribution is -2.32. The number of aromatic nitrogens is 2. The Hall–Kier alpha value is -6.36. The molecule has 0 radical (unpaired) electrons. The molecule has 0 unspecified atom stereocenters. The number of fused-ring (bicyclic) bond motifs is 2. The number of carboxylic acids is 2. The molecule has 2 atom stereocenters. The molecule has 10 heteroatoms. The first-order chi connectivity index (χ1) is 31.9. The zero-order chi connectivity index (χ0) is 46.7. The SMILES string of the molecule is CCCc1ccc(N(C)c2ccc3c(c2)CCN(C)[C@@H]3CCc2cnccc2C(=O)O)cc1.CCCc1ccc(N(C)c2ccc3c(c2)CCN(C)[C@H]3CCc2cnccc2C(=O)O)cc1. The number of nitrogens with zero attached hydrogens (tertiary/aromatic N) is 6. The van der Waals surface area contributed by atoms with Gasteiger partial charge in [0.25, 0.3) is 0 Å². The van der Waals surface area contributed by atoms with Crippen molar-refractivity contribution < 1.29 is 19.8 Å². The van der Waals surface area contributed by atoms with Crippen molar-refractivity contribution in [1.82, 2.24) is 19.8 Å². The summed E-state index contributed by atoms with van der Waals surface area (Å²) in [6, 6.07) is 35.0. The van der Waals surface area contributed by atoms with E-state index in [9.17, 15) is 19.8 Å². The predicted octanol–water partition coefficient (Wildman–Crippen LogP) is 11.3. The largest absolute Gasteiger partial charge is 0.478 e. The summed E-state index contributed by atoms with van der Waals surface area (Å²) >= 11 is 0. The molecule has 2 N–H and O–H groups in total. The molecule has 2 aromatic heterocycles. The molecule has 0 saturated carbocycles. The van der Waals surface area contributed by atoms with Gasteiger partial charge in [-0.15, -0.1) is 0 Å². The number of benzene rings is 4. The first kappa shape index (κ1) is 47.6. The molecule has 4 aromatic carbocycles. The summed E-state index contributed by atoms with van der Waals surface area (Å²) in [4.78, 5) is 40.7. The molecule has 344 valence electrons. The summed E-state index contributed by atoms with van der Waals surface area (Å²) in [5, 5.41) is 19.0. The number of anilines is 4. The van der Waals surface area contributed by atoms with Gasteiger partial charge in [-0.05, 0) is 171 Å². The highest BCUT2D eigenvalue weighted by Crippen LogP contribution is 2.38. The Balaban J connectivity index is 0.000000196. The molecule has 66 heavy (non-hydrogen) atoms. The maximum absolute atomic E-state index is 11.6. The van der Waals surface area contributed by atoms with E-state index in [0.29, 0.717) is 24.0 Å². The molecule has 2 aliphatic rings. The van der Waals surface area contributed by atoms with Crippen LogP contribution < -0.4 is 9.80 Å². The van der Waals surface area contributed by atoms with E-state index in [-0.39, 0.29) is 12.1 Å². The van der Waals surface area contributed by atoms with Gasteiger partial charge in [0.2, 0.25) is 0 Å². The van der Waals surface area contributed by atoms with E-state index in [1.165, 1.54) is 56.1 Å². The average molecular weight is 887 g/mol. The van der Waals surface area contributed by atoms with E-state index < -0.39 is 11.9 Å². The Morgan fingerprint density at radius 2 is 0.939 bits per heavy atom. The van der Waals surface area contributed by atoms with Crippen molar-refractivity contribution in [3.05, 3.63) is 177 Å². The third-order valence-corrected chi connectivity index (χ3v) is 13.6. The minimum Gasteiger partial charge on any atom is -0.478 e. The summed E-state index contributed by atoms with van der Waals surface area (Å²) in [6.45, 7) is 6.41. The maximum atomic E-state index is 11.6. The molecule has 6 aromatic rings. The van der Waals surface area contributed by atoms with Crippen LogP contribution in [0.4, 0.5) is 22.7 Å². The van der Waals surface area contributed by atoms with Crippen LogP contribution in [-0.4, -0.2) is 83.2 Å². The summed E-state index contributed by atoms with van der Waals surface area (Å²) in [5.41, 5.74) is 15.3. The third kappa shape index (κ3) is 11.4. The number of likely N-dealkylation sites (N-methyl/N-ethyl adjacent to an activating group) is 2. The number of aromatic carboxylic acids is 2. The second kappa shape index (κ2) is 22.2. The first-order valence-electron chi connectivity index (χ1n) is 23.6. The minimum atomic E-state index is -0.889. The van der Waals surface area contributed by atoms with Crippen molar-refractivity contribution in [1.29, 1.82) is 0 Å². The normalized spacial score (nSPS) is 15.8. The molecule has 0 amide bonds. The van der Waals surface area contributed by atoms with E-state index in [2.05, 4.69) is 157 Å². The van der Waals surface area contributed by atoms with Gasteiger partial charge in [0.05, 0.1) is 11.1 Å². The molecule has 4 heterocycles. The fraction of sp³-hybridized carbons (Fsp3) is 0.357. The molecule has 2 aliphatic heterocycles. The van der Waals surface area contributed by atoms with Crippen molar-refractivity contribution in [2.45, 2.75) is 90.1 Å². The van der Waals surface area contributed by atoms with Crippen LogP contribution in [0.2, 0.25) is 0 Å². The number of carboxylic acid groups (broad SMARTS) is 2. The second-order valence-electron chi connectivity index (χ2n) is 18.0. The molecular weight excluding hydrogens is 821 g/mol. The van der Waals surface area contributed by atoms with Crippen LogP contribution in [0.25, 0.3) is 0 Å². The van der Waals surface area contributed by atoms with Crippen LogP contribution >= 0.6 is 0 Å². The smallest absolute Gasteiger partial charge is 0.336 e. The molecule has 0 spiro atoms. The van der Waals surface area contributed by atoms with E-state index in [1.54, 1.807) is 36.9 Å². The maximum Gasteiger partial charge on any atom is 0.336 e. The fourth-order valence-electron chi connectivity index (χ4n) is 9.72. The van der Waals surface area contributed by atoms with Gasteiger partial charge in [0.1, 0.15) is 0 Å². The molecular formula is C56H66N6O4. The first-order valence-corrected chi connectivity index (χ1v) is 23.6. The van der Waals surface area contributed by atoms with Gasteiger partial charge in [0.15, 0.2) is 0 Å². The van der Waals surface area contributed by atoms with Crippen molar-refractivity contribution in [3.63, 3.8) is 0 Å². The highest BCUT2D eigenvalue weighted by atomic mass is 16.4. The minimum absolute atomic E-state index is 0.267. The summed E-state index contributed by atoms with van der Waals surface area (Å²) in [6.07, 6.45) is 16.2. The van der Waals surface area contributed by atoms with E-state index in [0.717, 1.165) is 75.6 Å². The Labute approximate surface area is 391 Å². The van der Waals surface area contributed by atoms with Crippen LogP contribution in [0, 0.1) is 0 Å². The van der Waals surface area contributed by atoms with Gasteiger partial charge >= 0.3 is 11.9 Å². The zero-order valence-corrected chi connectivity index (χ0v) is 39.6. The predicted molar refractivity (Wildman–Crippen MR) is 267 cm³/mol. The molecule has 0 saturated heterocycles. The van der Waals surface area contributed by atoms with Crippen LogP contribution in [0.5, 0.6) is 0 Å². The van der Waals surface area contributed by atoms with Crippen molar-refractivity contribution in [2.24, 2.45) is 0 Å². The molecule has 8 rings (SSSR count). The van der Waals surface area contributed by atoms with Crippen LogP contribution in [-0.2, 0) is 38.5 Å². The number of pyridine rings is 2. The van der Waals surface area contributed by atoms with E-state index in [1.807, 2.05) is 0 Å². The standard InChI is InChI=1S/2C28H33N3O2/c2*1-4-5-20-6-9-23(10-7-20)31(3)24-11-12-25-21(18-24)15-17-30(2)27(25)13-8-22-19-29-16-14-26(22)28(32)33/h2*6-7,9-12,14,16,18-19,27H,4-5,8,13,15,17H2,1-3H3,(H,32,33)/t2*27-/m10/s1. The molecule has 0 fully saturated rings. The number of carbonyl (C=O) groups is 2. The number of hydrogen-bond donors (Lipinski definition) is 2. The Morgan fingerprint density at radius 3 is 1.30 bits per heavy atom. The number of aryl methyl sites for hydroxylation is 4. The molecule has 0 aliphatic carbocycles. The summed E-state index contributed by atoms with van der Waals surface area (Å²) in [7, 11) is 8.57. The van der Waals surface area contributed by atoms with Gasteiger partial charge in [-0.25, -0.2) is 9.59 Å². The van der Waals surface area contributed by atoms with Gasteiger partial charge in [-0.3, -0.25) is 19.8 Å². The Bertz CT molecular complexity index is 2400. The average Bonchev–Trinajstić information content (AvgIpc) is 3.33. The van der Waals surface area contributed by atoms with Gasteiger partial charge in [-0.2, -0.15) is 0 Å². The molecule has 10 nitrogen and oxygen atoms in total. The second-order valence-corrected chi connectivity index (χ2v) is 18.0. The van der Waals surface area contributed by atoms with Gasteiger partial charge in [-0.1, -0.05) is 63.1 Å². The topological polar surface area (TPSA) is 113 Å². The van der Waals surface area contributed by atoms with Crippen LogP contribution in [0.3, 0.4) is 0 Å². The van der Waals surface area contributed by atoms with E-state index in [4.69, 9.17) is 0 Å². The Morgan fingerprint density at radius 1 is 0.561 bits per heavy atom. The highest BCUT2D eigenvalue weighted by molar-refractivity contribution is 5.89. The lowest BCUT2D eigenvalue weighted by atomic mass is 9.88. The zero-order valence-electron chi connectivity index (χ0n) is 39.6. The van der Waals surface area contributed by atoms with E-state index >= 15 is 0 Å². The van der Waals surface area contributed by atoms with Gasteiger partial charge in [0, 0.05) is 86.8 Å². The highest BCUT2D eigenvalue weighted by Gasteiger charge is 2.27. The quantitative estimate of drug-likeness (QED) is 0.0974. The molecule has 0 bridgehead atoms. The number of rotatable bonds is 16. The van der Waals surface area contributed by atoms with Crippen molar-refractivity contribution in [3.8, 4) is 0 Å². The Kier molecular flexibility index (Phi) is 16.0. The van der Waals surface area contributed by atoms with Crippen LogP contribution in [0.15, 0.2) is 122 Å². The van der Waals surface area contributed by atoms with Crippen LogP contribution in [0.1, 0.15) is 117 Å². The lowest BCUT2D eigenvalue weighted by molar-refractivity contribution is 0.0684. The summed E-state index contributed by atoms with van der Waals surface area (Å²) in [5.74, 6) is -1.78. The van der Waals surface area contributed by atoms with Gasteiger partial charge < -0.3 is 20.0 Å². The monoisotopic (exact) mass is 887 g/mol. The fourth-order valence-corrected chi connectivity index (χ4v) is 9.72. The van der Waals surface area contributed by atoms with Crippen molar-refractivity contribution in [2.75, 3.05) is 51.1 Å². The number of hydrogen-bond acceptors (Lipinski definition) is 8.